The molecule has 2 unspecified atom stereocenters. The molecule has 0 aliphatic heterocycles. The van der Waals surface area contributed by atoms with Gasteiger partial charge in [0.05, 0.1) is 0 Å². The molecule has 0 aliphatic carbocycles. The van der Waals surface area contributed by atoms with Crippen molar-refractivity contribution >= 4 is 11.3 Å². The zero-order valence-electron chi connectivity index (χ0n) is 11.5. The van der Waals surface area contributed by atoms with Gasteiger partial charge in [-0.25, -0.2) is 0 Å². The Morgan fingerprint density at radius 3 is 2.53 bits per heavy atom. The number of rotatable bonds is 9. The number of hydrogen-bond donors (Lipinski definition) is 1. The molecule has 0 aromatic carbocycles. The first kappa shape index (κ1) is 14.7. The number of nitrogens with one attached hydrogen (secondary N) is 1. The van der Waals surface area contributed by atoms with Crippen LogP contribution in [-0.4, -0.2) is 6.04 Å². The summed E-state index contributed by atoms with van der Waals surface area (Å²) in [6.45, 7) is 6.84. The first-order valence-corrected chi connectivity index (χ1v) is 7.99. The van der Waals surface area contributed by atoms with E-state index in [0.717, 1.165) is 0 Å². The van der Waals surface area contributed by atoms with E-state index in [1.807, 2.05) is 11.3 Å². The Morgan fingerprint density at radius 2 is 2.00 bits per heavy atom. The van der Waals surface area contributed by atoms with Crippen molar-refractivity contribution in [3.05, 3.63) is 22.4 Å². The molecular formula is C15H27NS. The van der Waals surface area contributed by atoms with Gasteiger partial charge in [-0.2, -0.15) is 0 Å². The van der Waals surface area contributed by atoms with Gasteiger partial charge in [0, 0.05) is 17.0 Å². The van der Waals surface area contributed by atoms with Gasteiger partial charge in [-0.05, 0) is 30.7 Å². The zero-order valence-corrected chi connectivity index (χ0v) is 12.4. The number of unbranched alkanes of at least 4 members (excludes halogenated alkanes) is 1. The van der Waals surface area contributed by atoms with E-state index < -0.39 is 0 Å². The SMILES string of the molecule is CCCCC(CCC)NC(CC)c1cccs1. The monoisotopic (exact) mass is 253 g/mol. The maximum absolute atomic E-state index is 3.85. The summed E-state index contributed by atoms with van der Waals surface area (Å²) >= 11 is 1.88. The van der Waals surface area contributed by atoms with Crippen molar-refractivity contribution in [3.63, 3.8) is 0 Å². The van der Waals surface area contributed by atoms with Crippen molar-refractivity contribution in [3.8, 4) is 0 Å². The Labute approximate surface area is 111 Å². The molecular weight excluding hydrogens is 226 g/mol. The molecule has 0 aliphatic rings. The highest BCUT2D eigenvalue weighted by Gasteiger charge is 2.15. The Morgan fingerprint density at radius 1 is 1.18 bits per heavy atom. The lowest BCUT2D eigenvalue weighted by Crippen LogP contribution is -2.32. The van der Waals surface area contributed by atoms with Crippen LogP contribution in [0.5, 0.6) is 0 Å². The van der Waals surface area contributed by atoms with E-state index in [1.165, 1.54) is 43.4 Å². The average Bonchev–Trinajstić information content (AvgIpc) is 2.86. The molecule has 0 saturated carbocycles. The van der Waals surface area contributed by atoms with Gasteiger partial charge < -0.3 is 5.32 Å². The van der Waals surface area contributed by atoms with Crippen LogP contribution < -0.4 is 5.32 Å². The predicted molar refractivity (Wildman–Crippen MR) is 78.7 cm³/mol. The highest BCUT2D eigenvalue weighted by atomic mass is 32.1. The minimum atomic E-state index is 0.559. The van der Waals surface area contributed by atoms with Crippen molar-refractivity contribution < 1.29 is 0 Å². The normalized spacial score (nSPS) is 14.8. The van der Waals surface area contributed by atoms with Crippen molar-refractivity contribution in [1.82, 2.24) is 5.32 Å². The Hall–Kier alpha value is -0.340. The summed E-state index contributed by atoms with van der Waals surface area (Å²) in [5, 5.41) is 6.03. The average molecular weight is 253 g/mol. The molecule has 2 atom stereocenters. The Kier molecular flexibility index (Phi) is 7.54. The standard InChI is InChI=1S/C15H27NS/c1-4-7-10-13(9-5-2)16-14(6-3)15-11-8-12-17-15/h8,11-14,16H,4-7,9-10H2,1-3H3. The predicted octanol–water partition coefficient (Wildman–Crippen LogP) is 5.15. The fourth-order valence-electron chi connectivity index (χ4n) is 2.29. The highest BCUT2D eigenvalue weighted by Crippen LogP contribution is 2.23. The maximum Gasteiger partial charge on any atom is 0.0414 e. The van der Waals surface area contributed by atoms with Crippen LogP contribution in [0.25, 0.3) is 0 Å². The summed E-state index contributed by atoms with van der Waals surface area (Å²) in [6, 6.07) is 5.68. The molecule has 1 aromatic rings. The quantitative estimate of drug-likeness (QED) is 0.642. The largest absolute Gasteiger partial charge is 0.306 e. The third-order valence-electron chi connectivity index (χ3n) is 3.28. The summed E-state index contributed by atoms with van der Waals surface area (Å²) in [5.41, 5.74) is 0. The molecule has 1 N–H and O–H groups in total. The minimum Gasteiger partial charge on any atom is -0.306 e. The van der Waals surface area contributed by atoms with Gasteiger partial charge in [0.2, 0.25) is 0 Å². The van der Waals surface area contributed by atoms with Crippen molar-refractivity contribution in [2.45, 2.75) is 71.4 Å². The van der Waals surface area contributed by atoms with Crippen LogP contribution in [0.15, 0.2) is 17.5 Å². The van der Waals surface area contributed by atoms with Crippen LogP contribution in [0.1, 0.15) is 70.2 Å². The van der Waals surface area contributed by atoms with Crippen LogP contribution in [0.3, 0.4) is 0 Å². The molecule has 2 heteroatoms. The third-order valence-corrected chi connectivity index (χ3v) is 4.26. The lowest BCUT2D eigenvalue weighted by molar-refractivity contribution is 0.380. The van der Waals surface area contributed by atoms with E-state index in [9.17, 15) is 0 Å². The first-order chi connectivity index (χ1) is 8.31. The van der Waals surface area contributed by atoms with Crippen LogP contribution >= 0.6 is 11.3 Å². The van der Waals surface area contributed by atoms with E-state index in [1.54, 1.807) is 0 Å². The van der Waals surface area contributed by atoms with Gasteiger partial charge in [0.15, 0.2) is 0 Å². The molecule has 1 heterocycles. The summed E-state index contributed by atoms with van der Waals surface area (Å²) in [7, 11) is 0. The second kappa shape index (κ2) is 8.71. The molecule has 0 spiro atoms. The Balaban J connectivity index is 2.50. The molecule has 1 aromatic heterocycles. The molecule has 1 nitrogen and oxygen atoms in total. The summed E-state index contributed by atoms with van der Waals surface area (Å²) in [5.74, 6) is 0. The van der Waals surface area contributed by atoms with Crippen LogP contribution in [0.4, 0.5) is 0 Å². The van der Waals surface area contributed by atoms with Gasteiger partial charge in [0.1, 0.15) is 0 Å². The Bertz CT molecular complexity index is 268. The van der Waals surface area contributed by atoms with Gasteiger partial charge in [0.25, 0.3) is 0 Å². The van der Waals surface area contributed by atoms with Gasteiger partial charge >= 0.3 is 0 Å². The second-order valence-electron chi connectivity index (χ2n) is 4.77. The summed E-state index contributed by atoms with van der Waals surface area (Å²) in [4.78, 5) is 1.49. The van der Waals surface area contributed by atoms with Gasteiger partial charge in [-0.3, -0.25) is 0 Å². The fourth-order valence-corrected chi connectivity index (χ4v) is 3.16. The smallest absolute Gasteiger partial charge is 0.0414 e. The summed E-state index contributed by atoms with van der Waals surface area (Å²) < 4.78 is 0. The molecule has 0 radical (unpaired) electrons. The lowest BCUT2D eigenvalue weighted by Gasteiger charge is -2.24. The lowest BCUT2D eigenvalue weighted by atomic mass is 10.0. The fraction of sp³-hybridized carbons (Fsp3) is 0.733. The molecule has 0 fully saturated rings. The second-order valence-corrected chi connectivity index (χ2v) is 5.75. The van der Waals surface area contributed by atoms with E-state index in [0.29, 0.717) is 12.1 Å². The highest BCUT2D eigenvalue weighted by molar-refractivity contribution is 7.10. The van der Waals surface area contributed by atoms with Gasteiger partial charge in [-0.15, -0.1) is 11.3 Å². The number of hydrogen-bond acceptors (Lipinski definition) is 2. The van der Waals surface area contributed by atoms with Crippen LogP contribution in [0, 0.1) is 0 Å². The molecule has 1 rings (SSSR count). The summed E-state index contributed by atoms with van der Waals surface area (Å²) in [6.07, 6.45) is 7.75. The van der Waals surface area contributed by atoms with Crippen molar-refractivity contribution in [2.24, 2.45) is 0 Å². The van der Waals surface area contributed by atoms with Gasteiger partial charge in [-0.1, -0.05) is 46.1 Å². The van der Waals surface area contributed by atoms with E-state index in [-0.39, 0.29) is 0 Å². The first-order valence-electron chi connectivity index (χ1n) is 7.11. The third kappa shape index (κ3) is 5.22. The molecule has 0 amide bonds. The van der Waals surface area contributed by atoms with Crippen LogP contribution in [-0.2, 0) is 0 Å². The number of thiophene rings is 1. The molecule has 0 saturated heterocycles. The van der Waals surface area contributed by atoms with E-state index in [2.05, 4.69) is 43.6 Å². The van der Waals surface area contributed by atoms with Crippen molar-refractivity contribution in [2.75, 3.05) is 0 Å². The molecule has 98 valence electrons. The van der Waals surface area contributed by atoms with Crippen molar-refractivity contribution in [1.29, 1.82) is 0 Å². The zero-order chi connectivity index (χ0) is 12.5. The minimum absolute atomic E-state index is 0.559. The van der Waals surface area contributed by atoms with Crippen LogP contribution in [0.2, 0.25) is 0 Å². The maximum atomic E-state index is 3.85. The van der Waals surface area contributed by atoms with E-state index in [4.69, 9.17) is 0 Å². The molecule has 0 bridgehead atoms. The molecule has 17 heavy (non-hydrogen) atoms. The van der Waals surface area contributed by atoms with E-state index >= 15 is 0 Å². The topological polar surface area (TPSA) is 12.0 Å².